The van der Waals surface area contributed by atoms with E-state index >= 15 is 0 Å². The van der Waals surface area contributed by atoms with Crippen molar-refractivity contribution in [3.8, 4) is 0 Å². The van der Waals surface area contributed by atoms with Crippen LogP contribution in [0.5, 0.6) is 0 Å². The standard InChI is InChI=1S/C21H19F6NO4/c22-20(23,24)15-8-13(9-16(10-15)21(25,26)27)12-32-19-18(14-4-2-1-3-5-14)28(6-7-31-19)11-17(29)30/h1-5,8-10,18-19H,6-7,11-12H2,(H,29,30). The predicted octanol–water partition coefficient (Wildman–Crippen LogP) is 4.73. The van der Waals surface area contributed by atoms with Crippen molar-refractivity contribution < 1.29 is 45.7 Å². The van der Waals surface area contributed by atoms with Crippen LogP contribution >= 0.6 is 0 Å². The third-order valence-electron chi connectivity index (χ3n) is 4.85. The van der Waals surface area contributed by atoms with E-state index in [9.17, 15) is 36.2 Å². The number of nitrogens with zero attached hydrogens (tertiary/aromatic N) is 1. The van der Waals surface area contributed by atoms with Crippen LogP contribution in [-0.4, -0.2) is 42.0 Å². The molecule has 1 N–H and O–H groups in total. The molecule has 32 heavy (non-hydrogen) atoms. The summed E-state index contributed by atoms with van der Waals surface area (Å²) in [6.07, 6.45) is -11.0. The molecule has 11 heteroatoms. The molecule has 1 heterocycles. The van der Waals surface area contributed by atoms with Crippen molar-refractivity contribution in [2.75, 3.05) is 19.7 Å². The minimum atomic E-state index is -4.97. The molecule has 0 saturated carbocycles. The first kappa shape index (κ1) is 24.0. The molecule has 0 amide bonds. The maximum absolute atomic E-state index is 13.1. The smallest absolute Gasteiger partial charge is 0.416 e. The molecule has 2 aromatic carbocycles. The molecule has 2 atom stereocenters. The Labute approximate surface area is 179 Å². The molecule has 2 aromatic rings. The van der Waals surface area contributed by atoms with Crippen molar-refractivity contribution in [3.63, 3.8) is 0 Å². The lowest BCUT2D eigenvalue weighted by Gasteiger charge is -2.40. The number of hydrogen-bond acceptors (Lipinski definition) is 4. The van der Waals surface area contributed by atoms with Crippen molar-refractivity contribution in [2.45, 2.75) is 31.3 Å². The first-order valence-corrected chi connectivity index (χ1v) is 9.47. The van der Waals surface area contributed by atoms with Gasteiger partial charge < -0.3 is 14.6 Å². The molecule has 1 aliphatic rings. The summed E-state index contributed by atoms with van der Waals surface area (Å²) in [6, 6.07) is 9.08. The normalized spacial score (nSPS) is 20.3. The lowest BCUT2D eigenvalue weighted by Crippen LogP contribution is -2.48. The number of aliphatic carboxylic acids is 1. The molecule has 0 aliphatic carbocycles. The van der Waals surface area contributed by atoms with Crippen LogP contribution in [0.4, 0.5) is 26.3 Å². The van der Waals surface area contributed by atoms with E-state index in [0.717, 1.165) is 0 Å². The Hall–Kier alpha value is -2.63. The molecular weight excluding hydrogens is 444 g/mol. The van der Waals surface area contributed by atoms with Crippen LogP contribution in [-0.2, 0) is 33.2 Å². The van der Waals surface area contributed by atoms with E-state index < -0.39 is 48.4 Å². The quantitative estimate of drug-likeness (QED) is 0.628. The molecule has 5 nitrogen and oxygen atoms in total. The van der Waals surface area contributed by atoms with Gasteiger partial charge in [0.25, 0.3) is 0 Å². The van der Waals surface area contributed by atoms with Gasteiger partial charge in [0.1, 0.15) is 0 Å². The van der Waals surface area contributed by atoms with Crippen molar-refractivity contribution in [1.82, 2.24) is 4.90 Å². The zero-order chi connectivity index (χ0) is 23.5. The van der Waals surface area contributed by atoms with E-state index in [2.05, 4.69) is 0 Å². The molecule has 1 saturated heterocycles. The maximum atomic E-state index is 13.1. The number of hydrogen-bond donors (Lipinski definition) is 1. The van der Waals surface area contributed by atoms with Gasteiger partial charge in [0.2, 0.25) is 0 Å². The molecule has 3 rings (SSSR count). The number of benzene rings is 2. The maximum Gasteiger partial charge on any atom is 0.416 e. The highest BCUT2D eigenvalue weighted by Crippen LogP contribution is 2.37. The summed E-state index contributed by atoms with van der Waals surface area (Å²) in [7, 11) is 0. The van der Waals surface area contributed by atoms with E-state index in [0.29, 0.717) is 17.7 Å². The number of alkyl halides is 6. The van der Waals surface area contributed by atoms with Crippen molar-refractivity contribution >= 4 is 5.97 Å². The minimum absolute atomic E-state index is 0.0436. The Morgan fingerprint density at radius 1 is 1.03 bits per heavy atom. The largest absolute Gasteiger partial charge is 0.480 e. The highest BCUT2D eigenvalue weighted by molar-refractivity contribution is 5.69. The first-order chi connectivity index (χ1) is 14.9. The van der Waals surface area contributed by atoms with Crippen molar-refractivity contribution in [3.05, 3.63) is 70.8 Å². The van der Waals surface area contributed by atoms with Crippen LogP contribution in [0.15, 0.2) is 48.5 Å². The summed E-state index contributed by atoms with van der Waals surface area (Å²) in [5.41, 5.74) is -2.58. The lowest BCUT2D eigenvalue weighted by atomic mass is 10.0. The Balaban J connectivity index is 1.87. The summed E-state index contributed by atoms with van der Waals surface area (Å²) in [4.78, 5) is 12.8. The van der Waals surface area contributed by atoms with E-state index in [1.165, 1.54) is 0 Å². The van der Waals surface area contributed by atoms with E-state index in [-0.39, 0.29) is 31.3 Å². The van der Waals surface area contributed by atoms with Crippen molar-refractivity contribution in [1.29, 1.82) is 0 Å². The van der Waals surface area contributed by atoms with Gasteiger partial charge in [-0.15, -0.1) is 0 Å². The number of halogens is 6. The molecule has 2 unspecified atom stereocenters. The summed E-state index contributed by atoms with van der Waals surface area (Å²) in [5, 5.41) is 9.20. The van der Waals surface area contributed by atoms with E-state index in [4.69, 9.17) is 9.47 Å². The molecule has 0 spiro atoms. The van der Waals surface area contributed by atoms with E-state index in [1.807, 2.05) is 0 Å². The second-order valence-electron chi connectivity index (χ2n) is 7.18. The van der Waals surface area contributed by atoms with Gasteiger partial charge in [-0.2, -0.15) is 26.3 Å². The lowest BCUT2D eigenvalue weighted by molar-refractivity contribution is -0.217. The van der Waals surface area contributed by atoms with Gasteiger partial charge in [0.05, 0.1) is 36.9 Å². The predicted molar refractivity (Wildman–Crippen MR) is 99.4 cm³/mol. The third kappa shape index (κ3) is 5.99. The van der Waals surface area contributed by atoms with E-state index in [1.54, 1.807) is 35.2 Å². The van der Waals surface area contributed by atoms with Crippen molar-refractivity contribution in [2.24, 2.45) is 0 Å². The Morgan fingerprint density at radius 3 is 2.16 bits per heavy atom. The van der Waals surface area contributed by atoms with Gasteiger partial charge in [-0.1, -0.05) is 30.3 Å². The summed E-state index contributed by atoms with van der Waals surface area (Å²) in [5.74, 6) is -1.10. The topological polar surface area (TPSA) is 59.0 Å². The number of morpholine rings is 1. The fourth-order valence-electron chi connectivity index (χ4n) is 3.48. The Bertz CT molecular complexity index is 900. The minimum Gasteiger partial charge on any atom is -0.480 e. The summed E-state index contributed by atoms with van der Waals surface area (Å²) < 4.78 is 89.7. The number of carbonyl (C=O) groups is 1. The van der Waals surface area contributed by atoms with Gasteiger partial charge in [0, 0.05) is 6.54 Å². The van der Waals surface area contributed by atoms with Crippen LogP contribution in [0.3, 0.4) is 0 Å². The highest BCUT2D eigenvalue weighted by Gasteiger charge is 2.38. The van der Waals surface area contributed by atoms with Gasteiger partial charge >= 0.3 is 18.3 Å². The highest BCUT2D eigenvalue weighted by atomic mass is 19.4. The molecule has 174 valence electrons. The Morgan fingerprint density at radius 2 is 1.62 bits per heavy atom. The third-order valence-corrected chi connectivity index (χ3v) is 4.85. The second-order valence-corrected chi connectivity index (χ2v) is 7.18. The van der Waals surface area contributed by atoms with Gasteiger partial charge in [-0.3, -0.25) is 9.69 Å². The van der Waals surface area contributed by atoms with Gasteiger partial charge in [0.15, 0.2) is 6.29 Å². The molecule has 0 radical (unpaired) electrons. The average Bonchev–Trinajstić information content (AvgIpc) is 2.71. The number of rotatable bonds is 6. The molecule has 0 aromatic heterocycles. The van der Waals surface area contributed by atoms with Crippen LogP contribution < -0.4 is 0 Å². The summed E-state index contributed by atoms with van der Waals surface area (Å²) in [6.45, 7) is -0.600. The van der Waals surface area contributed by atoms with Gasteiger partial charge in [-0.25, -0.2) is 0 Å². The van der Waals surface area contributed by atoms with Crippen LogP contribution in [0, 0.1) is 0 Å². The monoisotopic (exact) mass is 463 g/mol. The zero-order valence-corrected chi connectivity index (χ0v) is 16.5. The number of carboxylic acid groups (broad SMARTS) is 1. The van der Waals surface area contributed by atoms with Crippen LogP contribution in [0.2, 0.25) is 0 Å². The number of carboxylic acids is 1. The van der Waals surface area contributed by atoms with Crippen LogP contribution in [0.1, 0.15) is 28.3 Å². The fraction of sp³-hybridized carbons (Fsp3) is 0.381. The molecule has 1 fully saturated rings. The average molecular weight is 463 g/mol. The van der Waals surface area contributed by atoms with Crippen LogP contribution in [0.25, 0.3) is 0 Å². The molecule has 0 bridgehead atoms. The Kier molecular flexibility index (Phi) is 7.11. The number of ether oxygens (including phenoxy) is 2. The first-order valence-electron chi connectivity index (χ1n) is 9.47. The molecule has 1 aliphatic heterocycles. The molecular formula is C21H19F6NO4. The summed E-state index contributed by atoms with van der Waals surface area (Å²) >= 11 is 0. The fourth-order valence-corrected chi connectivity index (χ4v) is 3.48. The SMILES string of the molecule is O=C(O)CN1CCOC(OCc2cc(C(F)(F)F)cc(C(F)(F)F)c2)C1c1ccccc1. The van der Waals surface area contributed by atoms with Gasteiger partial charge in [-0.05, 0) is 29.3 Å². The second kappa shape index (κ2) is 9.47. The zero-order valence-electron chi connectivity index (χ0n) is 16.5.